The first-order chi connectivity index (χ1) is 7.92. The topological polar surface area (TPSA) is 21.3 Å². The van der Waals surface area contributed by atoms with Crippen LogP contribution in [0.25, 0.3) is 0 Å². The van der Waals surface area contributed by atoms with Crippen molar-refractivity contribution in [2.75, 3.05) is 7.05 Å². The summed E-state index contributed by atoms with van der Waals surface area (Å²) in [4.78, 5) is 0. The van der Waals surface area contributed by atoms with E-state index in [9.17, 15) is 13.2 Å². The van der Waals surface area contributed by atoms with Crippen LogP contribution in [0.1, 0.15) is 24.1 Å². The van der Waals surface area contributed by atoms with Crippen LogP contribution < -0.4 is 10.1 Å². The molecule has 2 rings (SSSR count). The van der Waals surface area contributed by atoms with E-state index in [-0.39, 0.29) is 17.7 Å². The molecule has 1 N–H and O–H groups in total. The SMILES string of the molecule is CNC1c2cccc(OC(F)(F)F)c2CC1C. The molecule has 0 heterocycles. The first kappa shape index (κ1) is 12.2. The first-order valence-corrected chi connectivity index (χ1v) is 5.47. The Morgan fingerprint density at radius 3 is 2.65 bits per heavy atom. The summed E-state index contributed by atoms with van der Waals surface area (Å²) in [5, 5.41) is 3.12. The van der Waals surface area contributed by atoms with Gasteiger partial charge in [-0.05, 0) is 36.6 Å². The molecule has 94 valence electrons. The molecule has 0 amide bonds. The molecule has 0 aliphatic heterocycles. The van der Waals surface area contributed by atoms with Gasteiger partial charge in [0.05, 0.1) is 0 Å². The lowest BCUT2D eigenvalue weighted by atomic mass is 10.0. The van der Waals surface area contributed by atoms with Gasteiger partial charge in [-0.3, -0.25) is 0 Å². The predicted molar refractivity (Wildman–Crippen MR) is 57.8 cm³/mol. The average Bonchev–Trinajstić information content (AvgIpc) is 2.53. The molecular formula is C12H14F3NO. The van der Waals surface area contributed by atoms with E-state index < -0.39 is 6.36 Å². The Bertz CT molecular complexity index is 417. The van der Waals surface area contributed by atoms with Crippen LogP contribution in [0.15, 0.2) is 18.2 Å². The van der Waals surface area contributed by atoms with Crippen LogP contribution in [0.5, 0.6) is 5.75 Å². The number of hydrogen-bond donors (Lipinski definition) is 1. The van der Waals surface area contributed by atoms with Crippen LogP contribution in [-0.4, -0.2) is 13.4 Å². The highest BCUT2D eigenvalue weighted by atomic mass is 19.4. The minimum absolute atomic E-state index is 0.0698. The van der Waals surface area contributed by atoms with E-state index in [1.807, 2.05) is 20.0 Å². The van der Waals surface area contributed by atoms with Gasteiger partial charge in [0.1, 0.15) is 5.75 Å². The smallest absolute Gasteiger partial charge is 0.405 e. The first-order valence-electron chi connectivity index (χ1n) is 5.47. The molecule has 1 aliphatic rings. The highest BCUT2D eigenvalue weighted by Crippen LogP contribution is 2.41. The molecule has 2 atom stereocenters. The third-order valence-corrected chi connectivity index (χ3v) is 3.14. The number of nitrogens with one attached hydrogen (secondary N) is 1. The number of hydrogen-bond acceptors (Lipinski definition) is 2. The Morgan fingerprint density at radius 1 is 1.35 bits per heavy atom. The van der Waals surface area contributed by atoms with Gasteiger partial charge in [-0.1, -0.05) is 19.1 Å². The highest BCUT2D eigenvalue weighted by molar-refractivity contribution is 5.45. The minimum atomic E-state index is -4.63. The fourth-order valence-electron chi connectivity index (χ4n) is 2.50. The third-order valence-electron chi connectivity index (χ3n) is 3.14. The van der Waals surface area contributed by atoms with Crippen molar-refractivity contribution in [2.24, 2.45) is 5.92 Å². The second-order valence-electron chi connectivity index (χ2n) is 4.32. The lowest BCUT2D eigenvalue weighted by Gasteiger charge is -2.15. The number of alkyl halides is 3. The molecular weight excluding hydrogens is 231 g/mol. The van der Waals surface area contributed by atoms with Crippen LogP contribution >= 0.6 is 0 Å². The minimum Gasteiger partial charge on any atom is -0.405 e. The lowest BCUT2D eigenvalue weighted by molar-refractivity contribution is -0.274. The van der Waals surface area contributed by atoms with Crippen molar-refractivity contribution in [1.29, 1.82) is 0 Å². The number of benzene rings is 1. The van der Waals surface area contributed by atoms with E-state index >= 15 is 0 Å². The Labute approximate surface area is 97.8 Å². The van der Waals surface area contributed by atoms with Gasteiger partial charge in [0.25, 0.3) is 0 Å². The van der Waals surface area contributed by atoms with Gasteiger partial charge < -0.3 is 10.1 Å². The number of fused-ring (bicyclic) bond motifs is 1. The second-order valence-corrected chi connectivity index (χ2v) is 4.32. The molecule has 0 bridgehead atoms. The van der Waals surface area contributed by atoms with Gasteiger partial charge in [0.15, 0.2) is 0 Å². The monoisotopic (exact) mass is 245 g/mol. The molecule has 0 saturated heterocycles. The van der Waals surface area contributed by atoms with Crippen molar-refractivity contribution < 1.29 is 17.9 Å². The molecule has 2 unspecified atom stereocenters. The quantitative estimate of drug-likeness (QED) is 0.864. The standard InChI is InChI=1S/C12H14F3NO/c1-7-6-9-8(11(7)16-2)4-3-5-10(9)17-12(13,14)15/h3-5,7,11,16H,6H2,1-2H3. The number of ether oxygens (including phenoxy) is 1. The molecule has 2 nitrogen and oxygen atoms in total. The van der Waals surface area contributed by atoms with Crippen LogP contribution in [0, 0.1) is 5.92 Å². The van der Waals surface area contributed by atoms with E-state index in [2.05, 4.69) is 10.1 Å². The Kier molecular flexibility index (Phi) is 3.03. The lowest BCUT2D eigenvalue weighted by Crippen LogP contribution is -2.19. The third kappa shape index (κ3) is 2.39. The maximum atomic E-state index is 12.2. The van der Waals surface area contributed by atoms with Gasteiger partial charge in [0, 0.05) is 6.04 Å². The summed E-state index contributed by atoms with van der Waals surface area (Å²) in [6, 6.07) is 4.92. The highest BCUT2D eigenvalue weighted by Gasteiger charge is 2.36. The molecule has 1 aromatic carbocycles. The summed E-state index contributed by atoms with van der Waals surface area (Å²) in [6.45, 7) is 2.01. The largest absolute Gasteiger partial charge is 0.573 e. The summed E-state index contributed by atoms with van der Waals surface area (Å²) in [5.41, 5.74) is 1.57. The molecule has 17 heavy (non-hydrogen) atoms. The van der Waals surface area contributed by atoms with Crippen molar-refractivity contribution in [3.05, 3.63) is 29.3 Å². The van der Waals surface area contributed by atoms with E-state index in [4.69, 9.17) is 0 Å². The van der Waals surface area contributed by atoms with E-state index in [0.29, 0.717) is 12.0 Å². The predicted octanol–water partition coefficient (Wildman–Crippen LogP) is 3.04. The zero-order valence-corrected chi connectivity index (χ0v) is 9.64. The summed E-state index contributed by atoms with van der Waals surface area (Å²) in [5.74, 6) is 0.201. The van der Waals surface area contributed by atoms with Crippen molar-refractivity contribution >= 4 is 0 Å². The van der Waals surface area contributed by atoms with E-state index in [1.54, 1.807) is 6.07 Å². The van der Waals surface area contributed by atoms with Gasteiger partial charge in [0.2, 0.25) is 0 Å². The van der Waals surface area contributed by atoms with Crippen LogP contribution in [0.3, 0.4) is 0 Å². The molecule has 0 fully saturated rings. The summed E-state index contributed by atoms with van der Waals surface area (Å²) in [7, 11) is 1.81. The summed E-state index contributed by atoms with van der Waals surface area (Å²) >= 11 is 0. The van der Waals surface area contributed by atoms with Gasteiger partial charge >= 0.3 is 6.36 Å². The molecule has 1 aromatic rings. The Hall–Kier alpha value is -1.23. The van der Waals surface area contributed by atoms with E-state index in [0.717, 1.165) is 5.56 Å². The zero-order chi connectivity index (χ0) is 12.6. The molecule has 0 aromatic heterocycles. The average molecular weight is 245 g/mol. The second kappa shape index (κ2) is 4.22. The molecule has 5 heteroatoms. The molecule has 0 saturated carbocycles. The van der Waals surface area contributed by atoms with Crippen molar-refractivity contribution in [1.82, 2.24) is 5.32 Å². The maximum Gasteiger partial charge on any atom is 0.573 e. The fraction of sp³-hybridized carbons (Fsp3) is 0.500. The van der Waals surface area contributed by atoms with E-state index in [1.165, 1.54) is 6.07 Å². The molecule has 1 aliphatic carbocycles. The van der Waals surface area contributed by atoms with Gasteiger partial charge in [-0.15, -0.1) is 13.2 Å². The van der Waals surface area contributed by atoms with Crippen LogP contribution in [0.4, 0.5) is 13.2 Å². The number of rotatable bonds is 2. The Morgan fingerprint density at radius 2 is 2.06 bits per heavy atom. The van der Waals surface area contributed by atoms with Gasteiger partial charge in [-0.2, -0.15) is 0 Å². The number of halogens is 3. The van der Waals surface area contributed by atoms with Crippen molar-refractivity contribution in [3.8, 4) is 5.75 Å². The zero-order valence-electron chi connectivity index (χ0n) is 9.64. The summed E-state index contributed by atoms with van der Waals surface area (Å²) < 4.78 is 40.8. The summed E-state index contributed by atoms with van der Waals surface area (Å²) in [6.07, 6.45) is -4.02. The van der Waals surface area contributed by atoms with Gasteiger partial charge in [-0.25, -0.2) is 0 Å². The fourth-order valence-corrected chi connectivity index (χ4v) is 2.50. The van der Waals surface area contributed by atoms with Crippen molar-refractivity contribution in [3.63, 3.8) is 0 Å². The Balaban J connectivity index is 2.36. The molecule has 0 radical (unpaired) electrons. The molecule has 0 spiro atoms. The van der Waals surface area contributed by atoms with Crippen LogP contribution in [0.2, 0.25) is 0 Å². The van der Waals surface area contributed by atoms with Crippen molar-refractivity contribution in [2.45, 2.75) is 25.7 Å². The normalized spacial score (nSPS) is 23.6. The maximum absolute atomic E-state index is 12.2. The van der Waals surface area contributed by atoms with Crippen LogP contribution in [-0.2, 0) is 6.42 Å².